The summed E-state index contributed by atoms with van der Waals surface area (Å²) in [6, 6.07) is 9.14. The van der Waals surface area contributed by atoms with Crippen molar-refractivity contribution in [2.24, 2.45) is 0 Å². The number of hydrogen-bond donors (Lipinski definition) is 1. The van der Waals surface area contributed by atoms with E-state index >= 15 is 0 Å². The topological polar surface area (TPSA) is 29.1 Å². The molecule has 0 aliphatic rings. The highest BCUT2D eigenvalue weighted by Crippen LogP contribution is 2.40. The molecule has 0 radical (unpaired) electrons. The summed E-state index contributed by atoms with van der Waals surface area (Å²) in [5, 5.41) is 2.55. The molecule has 116 valence electrons. The molecule has 0 heterocycles. The molecule has 1 N–H and O–H groups in total. The van der Waals surface area contributed by atoms with Gasteiger partial charge in [0.2, 0.25) is 3.79 Å². The standard InChI is InChI=1S/C15H10Cl3F2NO/c16-15(17,18)13(9-1-5-11(19)6-2-9)21-14(22)10-3-7-12(20)8-4-10/h1-8,13H,(H,21,22). The van der Waals surface area contributed by atoms with Crippen LogP contribution in [0.15, 0.2) is 48.5 Å². The van der Waals surface area contributed by atoms with Crippen LogP contribution in [0, 0.1) is 11.6 Å². The van der Waals surface area contributed by atoms with Crippen LogP contribution in [-0.2, 0) is 0 Å². The van der Waals surface area contributed by atoms with Gasteiger partial charge in [0.25, 0.3) is 5.91 Å². The first-order valence-electron chi connectivity index (χ1n) is 6.16. The highest BCUT2D eigenvalue weighted by atomic mass is 35.6. The average molecular weight is 365 g/mol. The number of alkyl halides is 3. The van der Waals surface area contributed by atoms with Gasteiger partial charge in [-0.25, -0.2) is 8.78 Å². The molecule has 1 amide bonds. The predicted octanol–water partition coefficient (Wildman–Crippen LogP) is 4.81. The van der Waals surface area contributed by atoms with Crippen molar-refractivity contribution in [1.82, 2.24) is 5.32 Å². The third kappa shape index (κ3) is 4.32. The SMILES string of the molecule is O=C(NC(c1ccc(F)cc1)C(Cl)(Cl)Cl)c1ccc(F)cc1. The Hall–Kier alpha value is -1.36. The van der Waals surface area contributed by atoms with Crippen molar-refractivity contribution in [3.05, 3.63) is 71.3 Å². The molecule has 2 rings (SSSR count). The molecule has 0 aliphatic carbocycles. The van der Waals surface area contributed by atoms with Gasteiger partial charge in [-0.1, -0.05) is 46.9 Å². The summed E-state index contributed by atoms with van der Waals surface area (Å²) in [6.07, 6.45) is 0. The summed E-state index contributed by atoms with van der Waals surface area (Å²) < 4.78 is 24.0. The zero-order valence-corrected chi connectivity index (χ0v) is 13.3. The van der Waals surface area contributed by atoms with E-state index in [9.17, 15) is 13.6 Å². The number of amides is 1. The highest BCUT2D eigenvalue weighted by Gasteiger charge is 2.35. The quantitative estimate of drug-likeness (QED) is 0.778. The molecule has 2 nitrogen and oxygen atoms in total. The van der Waals surface area contributed by atoms with Crippen LogP contribution in [0.5, 0.6) is 0 Å². The van der Waals surface area contributed by atoms with Gasteiger partial charge in [0.1, 0.15) is 17.7 Å². The minimum atomic E-state index is -1.84. The molecule has 0 saturated heterocycles. The molecule has 0 bridgehead atoms. The Labute approximate surface area is 141 Å². The number of benzene rings is 2. The molecule has 1 unspecified atom stereocenters. The van der Waals surface area contributed by atoms with Crippen LogP contribution in [0.25, 0.3) is 0 Å². The van der Waals surface area contributed by atoms with Crippen LogP contribution in [-0.4, -0.2) is 9.70 Å². The minimum absolute atomic E-state index is 0.211. The summed E-state index contributed by atoms with van der Waals surface area (Å²) in [5.74, 6) is -1.45. The molecule has 1 atom stereocenters. The Balaban J connectivity index is 2.25. The molecule has 0 spiro atoms. The molecule has 22 heavy (non-hydrogen) atoms. The van der Waals surface area contributed by atoms with Crippen molar-refractivity contribution in [2.45, 2.75) is 9.83 Å². The van der Waals surface area contributed by atoms with E-state index in [1.165, 1.54) is 36.4 Å². The zero-order valence-electron chi connectivity index (χ0n) is 11.0. The first kappa shape index (κ1) is 17.0. The van der Waals surface area contributed by atoms with Crippen molar-refractivity contribution in [2.75, 3.05) is 0 Å². The third-order valence-corrected chi connectivity index (χ3v) is 3.57. The Bertz CT molecular complexity index is 654. The van der Waals surface area contributed by atoms with Gasteiger partial charge in [-0.3, -0.25) is 4.79 Å². The molecule has 7 heteroatoms. The Morgan fingerprint density at radius 2 is 1.36 bits per heavy atom. The molecule has 2 aromatic rings. The number of hydrogen-bond acceptors (Lipinski definition) is 1. The van der Waals surface area contributed by atoms with E-state index in [1.807, 2.05) is 0 Å². The van der Waals surface area contributed by atoms with E-state index in [0.29, 0.717) is 5.56 Å². The van der Waals surface area contributed by atoms with E-state index in [0.717, 1.165) is 12.1 Å². The first-order chi connectivity index (χ1) is 10.3. The first-order valence-corrected chi connectivity index (χ1v) is 7.29. The lowest BCUT2D eigenvalue weighted by atomic mass is 10.1. The molecular weight excluding hydrogens is 355 g/mol. The number of halogens is 5. The van der Waals surface area contributed by atoms with Crippen molar-refractivity contribution in [3.8, 4) is 0 Å². The highest BCUT2D eigenvalue weighted by molar-refractivity contribution is 6.68. The summed E-state index contributed by atoms with van der Waals surface area (Å²) in [6.45, 7) is 0. The Morgan fingerprint density at radius 1 is 0.909 bits per heavy atom. The van der Waals surface area contributed by atoms with Gasteiger partial charge in [-0.15, -0.1) is 0 Å². The zero-order chi connectivity index (χ0) is 16.3. The molecule has 0 fully saturated rings. The smallest absolute Gasteiger partial charge is 0.251 e. The molecule has 0 saturated carbocycles. The second kappa shape index (κ2) is 6.82. The molecule has 2 aromatic carbocycles. The van der Waals surface area contributed by atoms with Crippen LogP contribution >= 0.6 is 34.8 Å². The van der Waals surface area contributed by atoms with Crippen LogP contribution in [0.1, 0.15) is 22.0 Å². The normalized spacial score (nSPS) is 12.8. The maximum absolute atomic E-state index is 13.0. The third-order valence-electron chi connectivity index (χ3n) is 2.91. The lowest BCUT2D eigenvalue weighted by molar-refractivity contribution is 0.0937. The monoisotopic (exact) mass is 363 g/mol. The van der Waals surface area contributed by atoms with Crippen molar-refractivity contribution in [1.29, 1.82) is 0 Å². The Morgan fingerprint density at radius 3 is 1.82 bits per heavy atom. The van der Waals surface area contributed by atoms with Gasteiger partial charge in [0, 0.05) is 5.56 Å². The van der Waals surface area contributed by atoms with Gasteiger partial charge < -0.3 is 5.32 Å². The largest absolute Gasteiger partial charge is 0.341 e. The van der Waals surface area contributed by atoms with Gasteiger partial charge >= 0.3 is 0 Å². The maximum atomic E-state index is 13.0. The number of carbonyl (C=O) groups excluding carboxylic acids is 1. The van der Waals surface area contributed by atoms with Gasteiger partial charge in [0.05, 0.1) is 0 Å². The predicted molar refractivity (Wildman–Crippen MR) is 83.3 cm³/mol. The van der Waals surface area contributed by atoms with Crippen molar-refractivity contribution < 1.29 is 13.6 Å². The second-order valence-electron chi connectivity index (χ2n) is 4.51. The van der Waals surface area contributed by atoms with Gasteiger partial charge in [0.15, 0.2) is 0 Å². The van der Waals surface area contributed by atoms with E-state index in [1.54, 1.807) is 0 Å². The van der Waals surface area contributed by atoms with E-state index in [-0.39, 0.29) is 5.56 Å². The van der Waals surface area contributed by atoms with Crippen LogP contribution in [0.3, 0.4) is 0 Å². The number of rotatable bonds is 3. The lowest BCUT2D eigenvalue weighted by Crippen LogP contribution is -2.36. The van der Waals surface area contributed by atoms with Crippen LogP contribution in [0.4, 0.5) is 8.78 Å². The van der Waals surface area contributed by atoms with Gasteiger partial charge in [-0.2, -0.15) is 0 Å². The van der Waals surface area contributed by atoms with Crippen LogP contribution in [0.2, 0.25) is 0 Å². The molecule has 0 aromatic heterocycles. The number of nitrogens with one attached hydrogen (secondary N) is 1. The van der Waals surface area contributed by atoms with E-state index in [4.69, 9.17) is 34.8 Å². The summed E-state index contributed by atoms with van der Waals surface area (Å²) in [5.41, 5.74) is 0.639. The van der Waals surface area contributed by atoms with Crippen molar-refractivity contribution in [3.63, 3.8) is 0 Å². The lowest BCUT2D eigenvalue weighted by Gasteiger charge is -2.26. The Kier molecular flexibility index (Phi) is 5.27. The van der Waals surface area contributed by atoms with Crippen molar-refractivity contribution >= 4 is 40.7 Å². The fraction of sp³-hybridized carbons (Fsp3) is 0.133. The summed E-state index contributed by atoms with van der Waals surface area (Å²) in [4.78, 5) is 12.2. The van der Waals surface area contributed by atoms with E-state index in [2.05, 4.69) is 5.32 Å². The summed E-state index contributed by atoms with van der Waals surface area (Å²) in [7, 11) is 0. The minimum Gasteiger partial charge on any atom is -0.341 e. The maximum Gasteiger partial charge on any atom is 0.251 e. The molecular formula is C15H10Cl3F2NO. The second-order valence-corrected chi connectivity index (χ2v) is 6.88. The number of carbonyl (C=O) groups is 1. The average Bonchev–Trinajstić information content (AvgIpc) is 2.45. The fourth-order valence-electron chi connectivity index (χ4n) is 1.83. The van der Waals surface area contributed by atoms with Gasteiger partial charge in [-0.05, 0) is 42.0 Å². The fourth-order valence-corrected chi connectivity index (χ4v) is 2.37. The molecule has 0 aliphatic heterocycles. The summed E-state index contributed by atoms with van der Waals surface area (Å²) >= 11 is 17.7. The van der Waals surface area contributed by atoms with E-state index < -0.39 is 27.4 Å². The van der Waals surface area contributed by atoms with Crippen LogP contribution < -0.4 is 5.32 Å².